The van der Waals surface area contributed by atoms with Crippen molar-refractivity contribution in [2.45, 2.75) is 329 Å². The van der Waals surface area contributed by atoms with E-state index in [2.05, 4.69) is 93.7 Å². The molecule has 1 atom stereocenters. The molecule has 0 amide bonds. The minimum atomic E-state index is -0.772. The molecule has 0 aromatic carbocycles. The van der Waals surface area contributed by atoms with Gasteiger partial charge in [-0.05, 0) is 89.9 Å². The van der Waals surface area contributed by atoms with Crippen molar-refractivity contribution in [1.29, 1.82) is 0 Å². The Hall–Kier alpha value is -3.15. The van der Waals surface area contributed by atoms with Crippen molar-refractivity contribution in [2.75, 3.05) is 13.2 Å². The van der Waals surface area contributed by atoms with E-state index in [1.54, 1.807) is 0 Å². The second-order valence-corrected chi connectivity index (χ2v) is 21.3. The molecule has 6 heteroatoms. The monoisotopic (exact) mass is 1030 g/mol. The number of unbranched alkanes of at least 4 members (excludes halogenated alkanes) is 35. The molecule has 0 aliphatic carbocycles. The Morgan fingerprint density at radius 3 is 0.838 bits per heavy atom. The molecule has 0 fully saturated rings. The summed E-state index contributed by atoms with van der Waals surface area (Å²) in [7, 11) is 0. The molecule has 0 saturated heterocycles. The van der Waals surface area contributed by atoms with Gasteiger partial charge in [0, 0.05) is 19.3 Å². The molecule has 0 N–H and O–H groups in total. The van der Waals surface area contributed by atoms with Crippen molar-refractivity contribution >= 4 is 17.9 Å². The summed E-state index contributed by atoms with van der Waals surface area (Å²) in [4.78, 5) is 38.0. The topological polar surface area (TPSA) is 78.9 Å². The summed E-state index contributed by atoms with van der Waals surface area (Å²) in [5, 5.41) is 0. The molecule has 0 heterocycles. The van der Waals surface area contributed by atoms with Crippen LogP contribution in [0.25, 0.3) is 0 Å². The maximum atomic E-state index is 12.8. The largest absolute Gasteiger partial charge is 0.462 e. The van der Waals surface area contributed by atoms with Gasteiger partial charge in [-0.3, -0.25) is 14.4 Å². The quantitative estimate of drug-likeness (QED) is 0.0261. The summed E-state index contributed by atoms with van der Waals surface area (Å²) in [6.45, 7) is 6.49. The molecule has 0 aliphatic rings. The van der Waals surface area contributed by atoms with E-state index >= 15 is 0 Å². The van der Waals surface area contributed by atoms with Crippen molar-refractivity contribution in [2.24, 2.45) is 0 Å². The molecule has 0 aromatic heterocycles. The summed E-state index contributed by atoms with van der Waals surface area (Å²) < 4.78 is 16.8. The van der Waals surface area contributed by atoms with Gasteiger partial charge in [-0.1, -0.05) is 286 Å². The normalized spacial score (nSPS) is 12.5. The van der Waals surface area contributed by atoms with Gasteiger partial charge in [0.15, 0.2) is 6.10 Å². The van der Waals surface area contributed by atoms with E-state index in [4.69, 9.17) is 14.2 Å². The third kappa shape index (κ3) is 59.7. The molecule has 0 saturated carbocycles. The number of hydrogen-bond donors (Lipinski definition) is 0. The van der Waals surface area contributed by atoms with Gasteiger partial charge >= 0.3 is 17.9 Å². The standard InChI is InChI=1S/C68H120O6/c1-4-7-10-13-16-18-20-22-24-26-27-28-29-30-31-32-33-34-35-36-37-38-39-40-41-43-44-46-48-50-52-55-58-61-67(70)73-64-65(63-72-66(69)60-57-54-15-12-9-6-3)74-68(71)62-59-56-53-51-49-47-45-42-25-23-21-19-17-14-11-8-5-2/h7,10,16,18,22-25,27-28,30-31,65H,4-6,8-9,11-15,17,19-21,26,29,32-64H2,1-3H3/b10-7-,18-16-,24-22-,25-23-,28-27-,31-30-. The number of carbonyl (C=O) groups is 3. The van der Waals surface area contributed by atoms with Crippen LogP contribution in [0.4, 0.5) is 0 Å². The summed E-state index contributed by atoms with van der Waals surface area (Å²) in [6, 6.07) is 0. The van der Waals surface area contributed by atoms with E-state index < -0.39 is 6.10 Å². The minimum Gasteiger partial charge on any atom is -0.462 e. The Morgan fingerprint density at radius 1 is 0.284 bits per heavy atom. The van der Waals surface area contributed by atoms with Crippen molar-refractivity contribution in [1.82, 2.24) is 0 Å². The van der Waals surface area contributed by atoms with Gasteiger partial charge in [-0.2, -0.15) is 0 Å². The number of rotatable bonds is 58. The number of ether oxygens (including phenoxy) is 3. The predicted octanol–water partition coefficient (Wildman–Crippen LogP) is 21.7. The Bertz CT molecular complexity index is 1370. The fourth-order valence-corrected chi connectivity index (χ4v) is 9.17. The number of esters is 3. The van der Waals surface area contributed by atoms with E-state index in [-0.39, 0.29) is 31.1 Å². The molecule has 6 nitrogen and oxygen atoms in total. The predicted molar refractivity (Wildman–Crippen MR) is 321 cm³/mol. The fraction of sp³-hybridized carbons (Fsp3) is 0.779. The molecule has 0 aromatic rings. The third-order valence-electron chi connectivity index (χ3n) is 13.9. The third-order valence-corrected chi connectivity index (χ3v) is 13.9. The summed E-state index contributed by atoms with van der Waals surface area (Å²) in [6.07, 6.45) is 81.0. The minimum absolute atomic E-state index is 0.0728. The van der Waals surface area contributed by atoms with Crippen molar-refractivity contribution in [3.8, 4) is 0 Å². The van der Waals surface area contributed by atoms with Crippen molar-refractivity contribution in [3.05, 3.63) is 72.9 Å². The van der Waals surface area contributed by atoms with E-state index in [9.17, 15) is 14.4 Å². The lowest BCUT2D eigenvalue weighted by Crippen LogP contribution is -2.30. The highest BCUT2D eigenvalue weighted by Gasteiger charge is 2.19. The van der Waals surface area contributed by atoms with Crippen LogP contribution < -0.4 is 0 Å². The van der Waals surface area contributed by atoms with E-state index in [0.717, 1.165) is 89.9 Å². The first-order chi connectivity index (χ1) is 36.5. The Kier molecular flexibility index (Phi) is 59.7. The highest BCUT2D eigenvalue weighted by molar-refractivity contribution is 5.71. The molecule has 0 bridgehead atoms. The molecule has 0 spiro atoms. The van der Waals surface area contributed by atoms with Crippen molar-refractivity contribution in [3.63, 3.8) is 0 Å². The molecular weight excluding hydrogens is 913 g/mol. The maximum absolute atomic E-state index is 12.8. The van der Waals surface area contributed by atoms with Gasteiger partial charge in [0.2, 0.25) is 0 Å². The highest BCUT2D eigenvalue weighted by atomic mass is 16.6. The number of allylic oxidation sites excluding steroid dienone is 12. The van der Waals surface area contributed by atoms with Crippen LogP contribution in [0.15, 0.2) is 72.9 Å². The molecule has 74 heavy (non-hydrogen) atoms. The number of carbonyl (C=O) groups excluding carboxylic acids is 3. The van der Waals surface area contributed by atoms with Gasteiger partial charge in [0.25, 0.3) is 0 Å². The van der Waals surface area contributed by atoms with Gasteiger partial charge < -0.3 is 14.2 Å². The highest BCUT2D eigenvalue weighted by Crippen LogP contribution is 2.17. The van der Waals surface area contributed by atoms with Crippen LogP contribution in [0.5, 0.6) is 0 Å². The van der Waals surface area contributed by atoms with Crippen molar-refractivity contribution < 1.29 is 28.6 Å². The van der Waals surface area contributed by atoms with Crippen LogP contribution in [0.1, 0.15) is 323 Å². The molecule has 0 rings (SSSR count). The van der Waals surface area contributed by atoms with E-state index in [0.29, 0.717) is 19.3 Å². The molecule has 0 radical (unpaired) electrons. The second-order valence-electron chi connectivity index (χ2n) is 21.3. The first kappa shape index (κ1) is 70.8. The number of hydrogen-bond acceptors (Lipinski definition) is 6. The zero-order valence-corrected chi connectivity index (χ0v) is 49.1. The lowest BCUT2D eigenvalue weighted by molar-refractivity contribution is -0.167. The SMILES string of the molecule is CC/C=C\C/C=C\C/C=C\C/C=C\C/C=C\CCCCCCCCCCCCCCCCCCCC(=O)OCC(COC(=O)CCCCCCCC)OC(=O)CCCCCCCCC/C=C\CCCCCCCC. The van der Waals surface area contributed by atoms with Crippen LogP contribution in [0, 0.1) is 0 Å². The maximum Gasteiger partial charge on any atom is 0.306 e. The van der Waals surface area contributed by atoms with Gasteiger partial charge in [-0.15, -0.1) is 0 Å². The van der Waals surface area contributed by atoms with Crippen LogP contribution in [-0.4, -0.2) is 37.2 Å². The zero-order valence-electron chi connectivity index (χ0n) is 49.1. The van der Waals surface area contributed by atoms with Gasteiger partial charge in [0.05, 0.1) is 0 Å². The van der Waals surface area contributed by atoms with E-state index in [1.807, 2.05) is 0 Å². The van der Waals surface area contributed by atoms with Crippen LogP contribution in [0.3, 0.4) is 0 Å². The first-order valence-corrected chi connectivity index (χ1v) is 31.9. The molecular formula is C68H120O6. The average molecular weight is 1030 g/mol. The van der Waals surface area contributed by atoms with Crippen LogP contribution >= 0.6 is 0 Å². The summed E-state index contributed by atoms with van der Waals surface area (Å²) in [5.41, 5.74) is 0. The lowest BCUT2D eigenvalue weighted by Gasteiger charge is -2.18. The molecule has 1 unspecified atom stereocenters. The Labute approximate surface area is 459 Å². The summed E-state index contributed by atoms with van der Waals surface area (Å²) >= 11 is 0. The fourth-order valence-electron chi connectivity index (χ4n) is 9.17. The van der Waals surface area contributed by atoms with Crippen LogP contribution in [0.2, 0.25) is 0 Å². The lowest BCUT2D eigenvalue weighted by atomic mass is 10.0. The first-order valence-electron chi connectivity index (χ1n) is 31.9. The van der Waals surface area contributed by atoms with Gasteiger partial charge in [0.1, 0.15) is 13.2 Å². The average Bonchev–Trinajstić information content (AvgIpc) is 3.40. The molecule has 428 valence electrons. The molecule has 0 aliphatic heterocycles. The Morgan fingerprint density at radius 2 is 0.527 bits per heavy atom. The second kappa shape index (κ2) is 62.4. The van der Waals surface area contributed by atoms with Gasteiger partial charge in [-0.25, -0.2) is 0 Å². The van der Waals surface area contributed by atoms with E-state index in [1.165, 1.54) is 193 Å². The smallest absolute Gasteiger partial charge is 0.306 e. The summed E-state index contributed by atoms with van der Waals surface area (Å²) in [5.74, 6) is -0.873. The Balaban J connectivity index is 3.98. The zero-order chi connectivity index (χ0) is 53.6. The van der Waals surface area contributed by atoms with Crippen LogP contribution in [-0.2, 0) is 28.6 Å².